The first-order chi connectivity index (χ1) is 27.6. The maximum Gasteiger partial charge on any atom is 0.145 e. The molecule has 1 aliphatic rings. The van der Waals surface area contributed by atoms with E-state index >= 15 is 0 Å². The molecule has 0 spiro atoms. The first kappa shape index (κ1) is 31.2. The van der Waals surface area contributed by atoms with Gasteiger partial charge in [-0.15, -0.1) is 0 Å². The fourth-order valence-electron chi connectivity index (χ4n) is 9.89. The van der Waals surface area contributed by atoms with Gasteiger partial charge in [0.15, 0.2) is 0 Å². The minimum atomic E-state index is -0.230. The molecule has 0 fully saturated rings. The number of fused-ring (bicyclic) bond motifs is 13. The standard InChI is InChI=1S/C52H36N4/c1-52(2)40-24-12-9-21-37(40)45-48(52)46-38-22-10-14-26-42(38)54(34-17-5-3-6-18-34)50(46)47-39-23-11-15-27-43(39)55(49(45)47)36-31-29-33(30-32-36)51-53-41-25-13-16-28-44(41)56(51)35-19-7-4-8-20-35/h3-32H,1-2H3. The average molecular weight is 717 g/mol. The second-order valence-electron chi connectivity index (χ2n) is 15.6. The second-order valence-corrected chi connectivity index (χ2v) is 15.6. The largest absolute Gasteiger partial charge is 0.309 e. The molecule has 3 heterocycles. The molecule has 4 heteroatoms. The summed E-state index contributed by atoms with van der Waals surface area (Å²) in [5, 5.41) is 5.14. The van der Waals surface area contributed by atoms with Crippen LogP contribution >= 0.6 is 0 Å². The predicted molar refractivity (Wildman–Crippen MR) is 233 cm³/mol. The summed E-state index contributed by atoms with van der Waals surface area (Å²) in [4.78, 5) is 5.19. The number of benzene rings is 8. The topological polar surface area (TPSA) is 27.7 Å². The molecule has 0 radical (unpaired) electrons. The van der Waals surface area contributed by atoms with E-state index in [0.29, 0.717) is 0 Å². The Labute approximate surface area is 324 Å². The highest BCUT2D eigenvalue weighted by Gasteiger charge is 2.41. The number of imidazole rings is 1. The van der Waals surface area contributed by atoms with E-state index in [1.54, 1.807) is 0 Å². The smallest absolute Gasteiger partial charge is 0.145 e. The molecule has 8 aromatic carbocycles. The Morgan fingerprint density at radius 1 is 0.429 bits per heavy atom. The summed E-state index contributed by atoms with van der Waals surface area (Å²) in [6.45, 7) is 4.83. The van der Waals surface area contributed by atoms with Crippen molar-refractivity contribution < 1.29 is 0 Å². The molecule has 0 aliphatic heterocycles. The fraction of sp³-hybridized carbons (Fsp3) is 0.0577. The summed E-state index contributed by atoms with van der Waals surface area (Å²) in [5.41, 5.74) is 16.6. The lowest BCUT2D eigenvalue weighted by Gasteiger charge is -2.23. The molecule has 0 saturated heterocycles. The van der Waals surface area contributed by atoms with Crippen LogP contribution in [-0.4, -0.2) is 18.7 Å². The zero-order valence-corrected chi connectivity index (χ0v) is 31.1. The van der Waals surface area contributed by atoms with Crippen molar-refractivity contribution >= 4 is 54.6 Å². The van der Waals surface area contributed by atoms with Crippen molar-refractivity contribution in [2.24, 2.45) is 0 Å². The van der Waals surface area contributed by atoms with E-state index in [1.165, 1.54) is 65.9 Å². The van der Waals surface area contributed by atoms with Gasteiger partial charge >= 0.3 is 0 Å². The first-order valence-electron chi connectivity index (χ1n) is 19.4. The average Bonchev–Trinajstić information content (AvgIpc) is 3.97. The number of hydrogen-bond donors (Lipinski definition) is 0. The lowest BCUT2D eigenvalue weighted by atomic mass is 9.80. The summed E-state index contributed by atoms with van der Waals surface area (Å²) < 4.78 is 7.31. The minimum absolute atomic E-state index is 0.230. The van der Waals surface area contributed by atoms with Crippen molar-refractivity contribution in [3.8, 4) is 39.6 Å². The van der Waals surface area contributed by atoms with Gasteiger partial charge in [0.1, 0.15) is 5.82 Å². The fourth-order valence-corrected chi connectivity index (χ4v) is 9.89. The van der Waals surface area contributed by atoms with Crippen LogP contribution in [0.5, 0.6) is 0 Å². The summed E-state index contributed by atoms with van der Waals surface area (Å²) in [6.07, 6.45) is 0. The van der Waals surface area contributed by atoms with Gasteiger partial charge in [0.2, 0.25) is 0 Å². The third-order valence-corrected chi connectivity index (χ3v) is 12.2. The lowest BCUT2D eigenvalue weighted by Crippen LogP contribution is -2.15. The van der Waals surface area contributed by atoms with E-state index in [0.717, 1.165) is 39.5 Å². The molecule has 0 amide bonds. The number of nitrogens with zero attached hydrogens (tertiary/aromatic N) is 4. The van der Waals surface area contributed by atoms with Gasteiger partial charge in [-0.2, -0.15) is 0 Å². The van der Waals surface area contributed by atoms with Crippen LogP contribution in [0.25, 0.3) is 94.2 Å². The number of para-hydroxylation sites is 6. The van der Waals surface area contributed by atoms with Gasteiger partial charge in [-0.3, -0.25) is 4.57 Å². The molecule has 0 unspecified atom stereocenters. The predicted octanol–water partition coefficient (Wildman–Crippen LogP) is 13.2. The molecule has 0 N–H and O–H groups in total. The van der Waals surface area contributed by atoms with Crippen molar-refractivity contribution in [1.29, 1.82) is 0 Å². The number of rotatable bonds is 4. The Balaban J connectivity index is 1.22. The van der Waals surface area contributed by atoms with E-state index in [2.05, 4.69) is 210 Å². The Morgan fingerprint density at radius 2 is 0.946 bits per heavy atom. The molecule has 12 rings (SSSR count). The van der Waals surface area contributed by atoms with Crippen LogP contribution in [0.4, 0.5) is 0 Å². The van der Waals surface area contributed by atoms with Gasteiger partial charge in [0.25, 0.3) is 0 Å². The SMILES string of the molecule is CC1(C)c2ccccc2-c2c1c1c3ccccc3n(-c3ccccc3)c1c1c3ccccc3n(-c3ccc(-c4nc5ccccc5n4-c4ccccc4)cc3)c21. The van der Waals surface area contributed by atoms with E-state index in [1.807, 2.05) is 0 Å². The maximum atomic E-state index is 5.19. The van der Waals surface area contributed by atoms with Gasteiger partial charge in [-0.25, -0.2) is 4.98 Å². The van der Waals surface area contributed by atoms with E-state index in [4.69, 9.17) is 4.98 Å². The summed E-state index contributed by atoms with van der Waals surface area (Å²) in [6, 6.07) is 65.9. The second kappa shape index (κ2) is 11.4. The van der Waals surface area contributed by atoms with E-state index in [-0.39, 0.29) is 5.41 Å². The molecule has 0 bridgehead atoms. The quantitative estimate of drug-likeness (QED) is 0.178. The van der Waals surface area contributed by atoms with Crippen LogP contribution in [-0.2, 0) is 5.41 Å². The Kier molecular flexibility index (Phi) is 6.37. The van der Waals surface area contributed by atoms with Crippen LogP contribution in [0, 0.1) is 0 Å². The van der Waals surface area contributed by atoms with Crippen LogP contribution in [0.3, 0.4) is 0 Å². The third kappa shape index (κ3) is 4.10. The van der Waals surface area contributed by atoms with Gasteiger partial charge < -0.3 is 9.13 Å². The highest BCUT2D eigenvalue weighted by atomic mass is 15.1. The summed E-state index contributed by atoms with van der Waals surface area (Å²) in [5.74, 6) is 0.928. The molecule has 4 nitrogen and oxygen atoms in total. The third-order valence-electron chi connectivity index (χ3n) is 12.2. The van der Waals surface area contributed by atoms with Gasteiger partial charge in [-0.1, -0.05) is 123 Å². The van der Waals surface area contributed by atoms with Gasteiger partial charge in [0, 0.05) is 55.1 Å². The van der Waals surface area contributed by atoms with E-state index in [9.17, 15) is 0 Å². The normalized spacial score (nSPS) is 13.3. The highest BCUT2D eigenvalue weighted by Crippen LogP contribution is 2.58. The molecule has 1 aliphatic carbocycles. The van der Waals surface area contributed by atoms with E-state index < -0.39 is 0 Å². The first-order valence-corrected chi connectivity index (χ1v) is 19.4. The Hall–Kier alpha value is -7.17. The zero-order valence-electron chi connectivity index (χ0n) is 31.1. The number of hydrogen-bond acceptors (Lipinski definition) is 1. The van der Waals surface area contributed by atoms with Crippen LogP contribution in [0.15, 0.2) is 182 Å². The van der Waals surface area contributed by atoms with Crippen molar-refractivity contribution in [2.75, 3.05) is 0 Å². The van der Waals surface area contributed by atoms with Crippen molar-refractivity contribution in [1.82, 2.24) is 18.7 Å². The van der Waals surface area contributed by atoms with Crippen molar-refractivity contribution in [3.05, 3.63) is 193 Å². The maximum absolute atomic E-state index is 5.19. The Bertz CT molecular complexity index is 3360. The van der Waals surface area contributed by atoms with Crippen LogP contribution < -0.4 is 0 Å². The lowest BCUT2D eigenvalue weighted by molar-refractivity contribution is 0.667. The van der Waals surface area contributed by atoms with Crippen molar-refractivity contribution in [3.63, 3.8) is 0 Å². The van der Waals surface area contributed by atoms with Crippen LogP contribution in [0.2, 0.25) is 0 Å². The Morgan fingerprint density at radius 3 is 1.64 bits per heavy atom. The molecular weight excluding hydrogens is 681 g/mol. The minimum Gasteiger partial charge on any atom is -0.309 e. The summed E-state index contributed by atoms with van der Waals surface area (Å²) in [7, 11) is 0. The summed E-state index contributed by atoms with van der Waals surface area (Å²) >= 11 is 0. The highest BCUT2D eigenvalue weighted by molar-refractivity contribution is 6.31. The molecule has 11 aromatic rings. The van der Waals surface area contributed by atoms with Crippen LogP contribution in [0.1, 0.15) is 25.0 Å². The van der Waals surface area contributed by atoms with Gasteiger partial charge in [0.05, 0.1) is 33.1 Å². The molecule has 0 atom stereocenters. The zero-order chi connectivity index (χ0) is 37.1. The molecule has 56 heavy (non-hydrogen) atoms. The molecule has 3 aromatic heterocycles. The molecule has 264 valence electrons. The molecule has 0 saturated carbocycles. The van der Waals surface area contributed by atoms with Crippen molar-refractivity contribution in [2.45, 2.75) is 19.3 Å². The monoisotopic (exact) mass is 716 g/mol. The number of aromatic nitrogens is 4. The molecular formula is C52H36N4. The van der Waals surface area contributed by atoms with Gasteiger partial charge in [-0.05, 0) is 89.5 Å².